The lowest BCUT2D eigenvalue weighted by atomic mass is 10.3. The minimum Gasteiger partial charge on any atom is -0.372 e. The van der Waals surface area contributed by atoms with Gasteiger partial charge in [0.1, 0.15) is 6.61 Å². The zero-order chi connectivity index (χ0) is 15.9. The van der Waals surface area contributed by atoms with Crippen LogP contribution < -0.4 is 10.6 Å². The molecule has 0 radical (unpaired) electrons. The van der Waals surface area contributed by atoms with Gasteiger partial charge in [0.15, 0.2) is 5.13 Å². The number of carbonyl (C=O) groups excluding carboxylic acids is 1. The van der Waals surface area contributed by atoms with Gasteiger partial charge < -0.3 is 15.4 Å². The fraction of sp³-hybridized carbons (Fsp3) is 0.667. The number of alkyl halides is 3. The summed E-state index contributed by atoms with van der Waals surface area (Å²) < 4.78 is 39.9. The first-order chi connectivity index (χ1) is 9.81. The van der Waals surface area contributed by atoms with Gasteiger partial charge in [0, 0.05) is 11.4 Å². The number of aromatic nitrogens is 1. The summed E-state index contributed by atoms with van der Waals surface area (Å²) in [5, 5.41) is 7.97. The number of hydrogen-bond acceptors (Lipinski definition) is 5. The summed E-state index contributed by atoms with van der Waals surface area (Å²) in [6, 6.07) is 0.0759. The van der Waals surface area contributed by atoms with E-state index in [1.54, 1.807) is 0 Å². The fourth-order valence-corrected chi connectivity index (χ4v) is 2.31. The number of amides is 1. The summed E-state index contributed by atoms with van der Waals surface area (Å²) in [6.07, 6.45) is -4.52. The number of rotatable bonds is 8. The predicted octanol–water partition coefficient (Wildman–Crippen LogP) is 2.72. The van der Waals surface area contributed by atoms with Crippen molar-refractivity contribution in [3.05, 3.63) is 11.1 Å². The molecule has 2 N–H and O–H groups in total. The molecule has 1 aromatic rings. The van der Waals surface area contributed by atoms with Gasteiger partial charge in [-0.05, 0) is 13.5 Å². The molecule has 1 heterocycles. The normalized spacial score (nSPS) is 13.2. The topological polar surface area (TPSA) is 63.2 Å². The van der Waals surface area contributed by atoms with Crippen molar-refractivity contribution in [2.45, 2.75) is 32.5 Å². The van der Waals surface area contributed by atoms with Crippen molar-refractivity contribution in [2.75, 3.05) is 25.1 Å². The quantitative estimate of drug-likeness (QED) is 0.722. The Balaban J connectivity index is 2.31. The van der Waals surface area contributed by atoms with E-state index >= 15 is 0 Å². The number of thiazole rings is 1. The largest absolute Gasteiger partial charge is 0.411 e. The standard InChI is InChI=1S/C12H18F3N3O2S/c1-3-16-8(2)9-6-21-11(17-9)18-10(19)4-5-20-7-12(13,14)15/h6,8,16H,3-5,7H2,1-2H3,(H,17,18,19). The molecule has 5 nitrogen and oxygen atoms in total. The summed E-state index contributed by atoms with van der Waals surface area (Å²) in [5.74, 6) is -0.422. The Morgan fingerprint density at radius 1 is 1.52 bits per heavy atom. The van der Waals surface area contributed by atoms with Gasteiger partial charge in [0.2, 0.25) is 5.91 Å². The molecule has 0 aromatic carbocycles. The molecular formula is C12H18F3N3O2S. The lowest BCUT2D eigenvalue weighted by Crippen LogP contribution is -2.20. The Hall–Kier alpha value is -1.19. The summed E-state index contributed by atoms with van der Waals surface area (Å²) in [5.41, 5.74) is 0.811. The van der Waals surface area contributed by atoms with Crippen LogP contribution in [0.2, 0.25) is 0 Å². The number of hydrogen-bond donors (Lipinski definition) is 2. The maximum atomic E-state index is 11.8. The summed E-state index contributed by atoms with van der Waals surface area (Å²) in [7, 11) is 0. The van der Waals surface area contributed by atoms with E-state index in [0.717, 1.165) is 12.2 Å². The second-order valence-electron chi connectivity index (χ2n) is 4.32. The Bertz CT molecular complexity index is 451. The maximum absolute atomic E-state index is 11.8. The maximum Gasteiger partial charge on any atom is 0.411 e. The summed E-state index contributed by atoms with van der Waals surface area (Å²) in [4.78, 5) is 15.8. The van der Waals surface area contributed by atoms with Crippen molar-refractivity contribution in [3.63, 3.8) is 0 Å². The minimum absolute atomic E-state index is 0.0759. The van der Waals surface area contributed by atoms with Gasteiger partial charge in [0.25, 0.3) is 0 Å². The number of nitrogens with zero attached hydrogens (tertiary/aromatic N) is 1. The highest BCUT2D eigenvalue weighted by Gasteiger charge is 2.27. The molecule has 1 rings (SSSR count). The molecule has 1 amide bonds. The zero-order valence-electron chi connectivity index (χ0n) is 11.8. The van der Waals surface area contributed by atoms with E-state index in [1.807, 2.05) is 19.2 Å². The third-order valence-electron chi connectivity index (χ3n) is 2.46. The van der Waals surface area contributed by atoms with Crippen molar-refractivity contribution >= 4 is 22.4 Å². The first kappa shape index (κ1) is 17.9. The molecule has 1 unspecified atom stereocenters. The van der Waals surface area contributed by atoms with Crippen LogP contribution in [0.5, 0.6) is 0 Å². The van der Waals surface area contributed by atoms with E-state index in [1.165, 1.54) is 11.3 Å². The second-order valence-corrected chi connectivity index (χ2v) is 5.18. The Kier molecular flexibility index (Phi) is 7.06. The molecule has 120 valence electrons. The van der Waals surface area contributed by atoms with Crippen LogP contribution in [0.1, 0.15) is 32.0 Å². The Morgan fingerprint density at radius 3 is 2.86 bits per heavy atom. The molecule has 21 heavy (non-hydrogen) atoms. The lowest BCUT2D eigenvalue weighted by molar-refractivity contribution is -0.174. The second kappa shape index (κ2) is 8.30. The molecule has 9 heteroatoms. The minimum atomic E-state index is -4.37. The third kappa shape index (κ3) is 7.39. The van der Waals surface area contributed by atoms with Crippen molar-refractivity contribution in [3.8, 4) is 0 Å². The molecular weight excluding hydrogens is 307 g/mol. The van der Waals surface area contributed by atoms with Crippen LogP contribution in [0, 0.1) is 0 Å². The first-order valence-electron chi connectivity index (χ1n) is 6.45. The SMILES string of the molecule is CCNC(C)c1csc(NC(=O)CCOCC(F)(F)F)n1. The van der Waals surface area contributed by atoms with E-state index in [0.29, 0.717) is 5.13 Å². The highest BCUT2D eigenvalue weighted by Crippen LogP contribution is 2.20. The number of nitrogens with one attached hydrogen (secondary N) is 2. The van der Waals surface area contributed by atoms with E-state index in [2.05, 4.69) is 20.4 Å². The summed E-state index contributed by atoms with van der Waals surface area (Å²) in [6.45, 7) is 3.11. The smallest absolute Gasteiger partial charge is 0.372 e. The number of halogens is 3. The van der Waals surface area contributed by atoms with Crippen LogP contribution in [0.15, 0.2) is 5.38 Å². The van der Waals surface area contributed by atoms with E-state index in [4.69, 9.17) is 0 Å². The third-order valence-corrected chi connectivity index (χ3v) is 3.24. The van der Waals surface area contributed by atoms with Gasteiger partial charge in [-0.3, -0.25) is 4.79 Å². The Labute approximate surface area is 124 Å². The number of anilines is 1. The molecule has 0 aliphatic heterocycles. The molecule has 0 aliphatic rings. The number of carbonyl (C=O) groups is 1. The lowest BCUT2D eigenvalue weighted by Gasteiger charge is -2.08. The van der Waals surface area contributed by atoms with Crippen molar-refractivity contribution in [2.24, 2.45) is 0 Å². The molecule has 0 bridgehead atoms. The summed E-state index contributed by atoms with van der Waals surface area (Å²) >= 11 is 1.27. The average molecular weight is 325 g/mol. The van der Waals surface area contributed by atoms with Gasteiger partial charge in [-0.25, -0.2) is 4.98 Å². The van der Waals surface area contributed by atoms with Crippen LogP contribution in [0.3, 0.4) is 0 Å². The van der Waals surface area contributed by atoms with Crippen LogP contribution in [0.4, 0.5) is 18.3 Å². The average Bonchev–Trinajstić information content (AvgIpc) is 2.82. The van der Waals surface area contributed by atoms with Crippen LogP contribution >= 0.6 is 11.3 Å². The van der Waals surface area contributed by atoms with E-state index < -0.39 is 18.7 Å². The molecule has 1 aromatic heterocycles. The van der Waals surface area contributed by atoms with Gasteiger partial charge in [-0.15, -0.1) is 11.3 Å². The number of ether oxygens (including phenoxy) is 1. The van der Waals surface area contributed by atoms with Gasteiger partial charge in [-0.2, -0.15) is 13.2 Å². The first-order valence-corrected chi connectivity index (χ1v) is 7.33. The molecule has 0 saturated carbocycles. The molecule has 0 aliphatic carbocycles. The van der Waals surface area contributed by atoms with Gasteiger partial charge >= 0.3 is 6.18 Å². The fourth-order valence-electron chi connectivity index (χ4n) is 1.49. The highest BCUT2D eigenvalue weighted by atomic mass is 32.1. The van der Waals surface area contributed by atoms with Crippen molar-refractivity contribution < 1.29 is 22.7 Å². The molecule has 0 spiro atoms. The highest BCUT2D eigenvalue weighted by molar-refractivity contribution is 7.13. The van der Waals surface area contributed by atoms with Gasteiger partial charge in [-0.1, -0.05) is 6.92 Å². The molecule has 0 fully saturated rings. The molecule has 1 atom stereocenters. The van der Waals surface area contributed by atoms with Crippen molar-refractivity contribution in [1.29, 1.82) is 0 Å². The zero-order valence-corrected chi connectivity index (χ0v) is 12.6. The van der Waals surface area contributed by atoms with Crippen LogP contribution in [0.25, 0.3) is 0 Å². The van der Waals surface area contributed by atoms with Crippen LogP contribution in [-0.4, -0.2) is 36.8 Å². The van der Waals surface area contributed by atoms with Crippen LogP contribution in [-0.2, 0) is 9.53 Å². The monoisotopic (exact) mass is 325 g/mol. The van der Waals surface area contributed by atoms with E-state index in [9.17, 15) is 18.0 Å². The predicted molar refractivity (Wildman–Crippen MR) is 74.3 cm³/mol. The van der Waals surface area contributed by atoms with Gasteiger partial charge in [0.05, 0.1) is 18.7 Å². The molecule has 0 saturated heterocycles. The van der Waals surface area contributed by atoms with E-state index in [-0.39, 0.29) is 19.1 Å². The van der Waals surface area contributed by atoms with Crippen molar-refractivity contribution in [1.82, 2.24) is 10.3 Å². The Morgan fingerprint density at radius 2 is 2.24 bits per heavy atom.